The summed E-state index contributed by atoms with van der Waals surface area (Å²) in [5.41, 5.74) is 1.42. The molecule has 70 valence electrons. The van der Waals surface area contributed by atoms with Crippen LogP contribution in [0.4, 0.5) is 0 Å². The Bertz CT molecular complexity index is 166. The molecule has 0 spiro atoms. The van der Waals surface area contributed by atoms with Crippen LogP contribution in [-0.4, -0.2) is 6.61 Å². The molecule has 1 nitrogen and oxygen atoms in total. The van der Waals surface area contributed by atoms with Crippen molar-refractivity contribution in [1.82, 2.24) is 0 Å². The SMILES string of the molecule is CC.CCOC1=CCCC(C)=C1. The highest BCUT2D eigenvalue weighted by Gasteiger charge is 2.00. The summed E-state index contributed by atoms with van der Waals surface area (Å²) in [6.45, 7) is 8.93. The zero-order chi connectivity index (χ0) is 9.40. The molecule has 0 aromatic carbocycles. The minimum Gasteiger partial charge on any atom is -0.494 e. The number of hydrogen-bond acceptors (Lipinski definition) is 1. The lowest BCUT2D eigenvalue weighted by atomic mass is 10.1. The average molecular weight is 168 g/mol. The molecule has 1 aliphatic rings. The van der Waals surface area contributed by atoms with Gasteiger partial charge >= 0.3 is 0 Å². The van der Waals surface area contributed by atoms with E-state index in [4.69, 9.17) is 4.74 Å². The molecule has 0 N–H and O–H groups in total. The molecule has 0 amide bonds. The third kappa shape index (κ3) is 4.22. The minimum absolute atomic E-state index is 0.773. The summed E-state index contributed by atoms with van der Waals surface area (Å²) in [7, 11) is 0. The zero-order valence-electron chi connectivity index (χ0n) is 8.68. The lowest BCUT2D eigenvalue weighted by Crippen LogP contribution is -1.94. The van der Waals surface area contributed by atoms with Gasteiger partial charge < -0.3 is 4.74 Å². The minimum atomic E-state index is 0.773. The van der Waals surface area contributed by atoms with Crippen molar-refractivity contribution in [2.75, 3.05) is 6.61 Å². The van der Waals surface area contributed by atoms with Gasteiger partial charge in [-0.1, -0.05) is 19.4 Å². The second-order valence-electron chi connectivity index (χ2n) is 2.57. The highest BCUT2D eigenvalue weighted by Crippen LogP contribution is 2.16. The second kappa shape index (κ2) is 6.96. The number of allylic oxidation sites excluding steroid dienone is 3. The predicted molar refractivity (Wildman–Crippen MR) is 54.0 cm³/mol. The molecular weight excluding hydrogens is 148 g/mol. The van der Waals surface area contributed by atoms with Gasteiger partial charge in [0.2, 0.25) is 0 Å². The number of hydrogen-bond donors (Lipinski definition) is 0. The molecule has 0 radical (unpaired) electrons. The van der Waals surface area contributed by atoms with Gasteiger partial charge in [0.05, 0.1) is 6.61 Å². The summed E-state index contributed by atoms with van der Waals surface area (Å²) in [5, 5.41) is 0. The van der Waals surface area contributed by atoms with Crippen molar-refractivity contribution in [3.05, 3.63) is 23.5 Å². The third-order valence-corrected chi connectivity index (χ3v) is 1.58. The quantitative estimate of drug-likeness (QED) is 0.611. The molecule has 0 unspecified atom stereocenters. The van der Waals surface area contributed by atoms with Crippen LogP contribution in [-0.2, 0) is 4.74 Å². The van der Waals surface area contributed by atoms with Crippen LogP contribution in [0, 0.1) is 0 Å². The first-order valence-electron chi connectivity index (χ1n) is 4.83. The van der Waals surface area contributed by atoms with E-state index in [2.05, 4.69) is 19.1 Å². The summed E-state index contributed by atoms with van der Waals surface area (Å²) in [5.74, 6) is 1.05. The van der Waals surface area contributed by atoms with Crippen molar-refractivity contribution in [2.24, 2.45) is 0 Å². The van der Waals surface area contributed by atoms with E-state index in [9.17, 15) is 0 Å². The van der Waals surface area contributed by atoms with Crippen molar-refractivity contribution < 1.29 is 4.74 Å². The Labute approximate surface area is 76.1 Å². The maximum Gasteiger partial charge on any atom is 0.115 e. The van der Waals surface area contributed by atoms with Crippen LogP contribution >= 0.6 is 0 Å². The Kier molecular flexibility index (Phi) is 6.54. The summed E-state index contributed by atoms with van der Waals surface area (Å²) in [4.78, 5) is 0. The zero-order valence-corrected chi connectivity index (χ0v) is 8.68. The topological polar surface area (TPSA) is 9.23 Å². The van der Waals surface area contributed by atoms with E-state index in [1.165, 1.54) is 12.0 Å². The Morgan fingerprint density at radius 1 is 1.42 bits per heavy atom. The largest absolute Gasteiger partial charge is 0.494 e. The molecule has 0 aromatic rings. The molecule has 0 atom stereocenters. The number of ether oxygens (including phenoxy) is 1. The molecule has 0 aromatic heterocycles. The first kappa shape index (κ1) is 11.3. The van der Waals surface area contributed by atoms with Gasteiger partial charge in [-0.2, -0.15) is 0 Å². The van der Waals surface area contributed by atoms with E-state index < -0.39 is 0 Å². The predicted octanol–water partition coefficient (Wildman–Crippen LogP) is 3.67. The molecular formula is C11H20O. The lowest BCUT2D eigenvalue weighted by Gasteiger charge is -2.10. The van der Waals surface area contributed by atoms with Gasteiger partial charge in [0.15, 0.2) is 0 Å². The van der Waals surface area contributed by atoms with E-state index in [1.807, 2.05) is 20.8 Å². The highest BCUT2D eigenvalue weighted by molar-refractivity contribution is 5.21. The molecule has 12 heavy (non-hydrogen) atoms. The lowest BCUT2D eigenvalue weighted by molar-refractivity contribution is 0.239. The maximum atomic E-state index is 5.34. The molecule has 1 heteroatoms. The summed E-state index contributed by atoms with van der Waals surface area (Å²) >= 11 is 0. The van der Waals surface area contributed by atoms with Gasteiger partial charge in [-0.25, -0.2) is 0 Å². The van der Waals surface area contributed by atoms with E-state index in [0.29, 0.717) is 0 Å². The molecule has 0 saturated carbocycles. The van der Waals surface area contributed by atoms with Crippen molar-refractivity contribution in [1.29, 1.82) is 0 Å². The monoisotopic (exact) mass is 168 g/mol. The normalized spacial score (nSPS) is 15.3. The van der Waals surface area contributed by atoms with Crippen molar-refractivity contribution in [2.45, 2.75) is 40.5 Å². The van der Waals surface area contributed by atoms with Crippen LogP contribution in [0.3, 0.4) is 0 Å². The summed E-state index contributed by atoms with van der Waals surface area (Å²) in [6.07, 6.45) is 6.59. The molecule has 0 aliphatic heterocycles. The summed E-state index contributed by atoms with van der Waals surface area (Å²) < 4.78 is 5.34. The number of rotatable bonds is 2. The molecule has 0 fully saturated rings. The van der Waals surface area contributed by atoms with E-state index in [-0.39, 0.29) is 0 Å². The van der Waals surface area contributed by atoms with Crippen molar-refractivity contribution in [3.8, 4) is 0 Å². The molecule has 0 saturated heterocycles. The summed E-state index contributed by atoms with van der Waals surface area (Å²) in [6, 6.07) is 0. The van der Waals surface area contributed by atoms with Crippen molar-refractivity contribution in [3.63, 3.8) is 0 Å². The van der Waals surface area contributed by atoms with Crippen LogP contribution in [0.25, 0.3) is 0 Å². The van der Waals surface area contributed by atoms with E-state index in [1.54, 1.807) is 0 Å². The first-order chi connectivity index (χ1) is 5.83. The second-order valence-corrected chi connectivity index (χ2v) is 2.57. The molecule has 1 aliphatic carbocycles. The van der Waals surface area contributed by atoms with Crippen LogP contribution in [0.15, 0.2) is 23.5 Å². The van der Waals surface area contributed by atoms with Gasteiger partial charge in [-0.15, -0.1) is 0 Å². The van der Waals surface area contributed by atoms with E-state index in [0.717, 1.165) is 18.8 Å². The molecule has 0 bridgehead atoms. The fourth-order valence-electron chi connectivity index (χ4n) is 1.08. The van der Waals surface area contributed by atoms with Gasteiger partial charge in [-0.3, -0.25) is 0 Å². The van der Waals surface area contributed by atoms with Gasteiger partial charge in [0.25, 0.3) is 0 Å². The van der Waals surface area contributed by atoms with Crippen LogP contribution in [0.5, 0.6) is 0 Å². The Hall–Kier alpha value is -0.720. The fourth-order valence-corrected chi connectivity index (χ4v) is 1.08. The van der Waals surface area contributed by atoms with Gasteiger partial charge in [0.1, 0.15) is 5.76 Å². The molecule has 1 rings (SSSR count). The third-order valence-electron chi connectivity index (χ3n) is 1.58. The Balaban J connectivity index is 0.000000561. The Morgan fingerprint density at radius 3 is 2.58 bits per heavy atom. The maximum absolute atomic E-state index is 5.34. The van der Waals surface area contributed by atoms with Gasteiger partial charge in [0, 0.05) is 0 Å². The highest BCUT2D eigenvalue weighted by atomic mass is 16.5. The molecule has 0 heterocycles. The van der Waals surface area contributed by atoms with Crippen molar-refractivity contribution >= 4 is 0 Å². The van der Waals surface area contributed by atoms with Crippen LogP contribution < -0.4 is 0 Å². The Morgan fingerprint density at radius 2 is 2.08 bits per heavy atom. The van der Waals surface area contributed by atoms with Crippen LogP contribution in [0.2, 0.25) is 0 Å². The smallest absolute Gasteiger partial charge is 0.115 e. The standard InChI is InChI=1S/C9H14O.C2H6/c1-3-10-9-6-4-5-8(2)7-9;1-2/h6-7H,3-5H2,1-2H3;1-2H3. The first-order valence-corrected chi connectivity index (χ1v) is 4.83. The van der Waals surface area contributed by atoms with Gasteiger partial charge in [-0.05, 0) is 38.8 Å². The average Bonchev–Trinajstić information content (AvgIpc) is 2.09. The fraction of sp³-hybridized carbons (Fsp3) is 0.636. The van der Waals surface area contributed by atoms with E-state index >= 15 is 0 Å². The van der Waals surface area contributed by atoms with Crippen LogP contribution in [0.1, 0.15) is 40.5 Å².